The van der Waals surface area contributed by atoms with Crippen LogP contribution in [0.4, 0.5) is 5.69 Å². The summed E-state index contributed by atoms with van der Waals surface area (Å²) >= 11 is 2.10. The van der Waals surface area contributed by atoms with Gasteiger partial charge in [-0.15, -0.1) is 0 Å². The van der Waals surface area contributed by atoms with Crippen molar-refractivity contribution in [2.24, 2.45) is 5.41 Å². The molecular formula is C19H27N3S. The normalized spacial score (nSPS) is 31.0. The molecule has 23 heavy (non-hydrogen) atoms. The average molecular weight is 330 g/mol. The highest BCUT2D eigenvalue weighted by atomic mass is 32.2. The maximum atomic E-state index is 2.79. The lowest BCUT2D eigenvalue weighted by Crippen LogP contribution is -2.56. The SMILES string of the molecule is CN1CC2(CCN(C3Sc4ccccc4N3C3CCCC3)C2)C1. The standard InChI is InChI=1S/C19H27N3S/c1-20-12-19(13-20)10-11-21(14-19)18-22(15-6-2-3-7-15)16-8-4-5-9-17(16)23-18/h4-5,8-9,15,18H,2-3,6-7,10-14H2,1H3. The van der Waals surface area contributed by atoms with Gasteiger partial charge in [0.2, 0.25) is 0 Å². The summed E-state index contributed by atoms with van der Waals surface area (Å²) in [7, 11) is 2.26. The predicted molar refractivity (Wildman–Crippen MR) is 96.9 cm³/mol. The van der Waals surface area contributed by atoms with Crippen molar-refractivity contribution < 1.29 is 0 Å². The van der Waals surface area contributed by atoms with Crippen LogP contribution in [-0.2, 0) is 0 Å². The van der Waals surface area contributed by atoms with Gasteiger partial charge in [-0.1, -0.05) is 36.7 Å². The van der Waals surface area contributed by atoms with Gasteiger partial charge in [-0.05, 0) is 38.4 Å². The number of likely N-dealkylation sites (tertiary alicyclic amines) is 2. The maximum Gasteiger partial charge on any atom is 0.135 e. The predicted octanol–water partition coefficient (Wildman–Crippen LogP) is 3.46. The fourth-order valence-electron chi connectivity index (χ4n) is 5.38. The van der Waals surface area contributed by atoms with Crippen molar-refractivity contribution in [3.8, 4) is 0 Å². The van der Waals surface area contributed by atoms with Crippen LogP contribution in [0.2, 0.25) is 0 Å². The first-order chi connectivity index (χ1) is 11.2. The number of hydrogen-bond acceptors (Lipinski definition) is 4. The van der Waals surface area contributed by atoms with Gasteiger partial charge >= 0.3 is 0 Å². The number of hydrogen-bond donors (Lipinski definition) is 0. The highest BCUT2D eigenvalue weighted by Gasteiger charge is 2.50. The molecule has 4 aliphatic rings. The van der Waals surface area contributed by atoms with E-state index >= 15 is 0 Å². The van der Waals surface area contributed by atoms with Crippen molar-refractivity contribution in [3.63, 3.8) is 0 Å². The molecule has 1 spiro atoms. The Bertz CT molecular complexity index is 592. The zero-order valence-corrected chi connectivity index (χ0v) is 14.9. The Balaban J connectivity index is 1.41. The van der Waals surface area contributed by atoms with Gasteiger partial charge in [-0.2, -0.15) is 0 Å². The number of nitrogens with zero attached hydrogens (tertiary/aromatic N) is 3. The molecule has 3 heterocycles. The first-order valence-corrected chi connectivity index (χ1v) is 10.1. The van der Waals surface area contributed by atoms with E-state index in [1.54, 1.807) is 0 Å². The lowest BCUT2D eigenvalue weighted by molar-refractivity contribution is 0.0296. The van der Waals surface area contributed by atoms with Crippen LogP contribution in [0.1, 0.15) is 32.1 Å². The van der Waals surface area contributed by atoms with Crippen LogP contribution < -0.4 is 4.90 Å². The van der Waals surface area contributed by atoms with Gasteiger partial charge in [0.25, 0.3) is 0 Å². The minimum atomic E-state index is 0.542. The Hall–Kier alpha value is -0.710. The minimum absolute atomic E-state index is 0.542. The number of para-hydroxylation sites is 1. The molecular weight excluding hydrogens is 302 g/mol. The molecule has 124 valence electrons. The molecule has 1 aromatic carbocycles. The first kappa shape index (κ1) is 14.6. The molecule has 1 unspecified atom stereocenters. The van der Waals surface area contributed by atoms with Crippen molar-refractivity contribution in [1.82, 2.24) is 9.80 Å². The van der Waals surface area contributed by atoms with Crippen LogP contribution in [-0.4, -0.2) is 54.6 Å². The van der Waals surface area contributed by atoms with Gasteiger partial charge in [0.05, 0.1) is 5.69 Å². The number of fused-ring (bicyclic) bond motifs is 1. The third-order valence-electron chi connectivity index (χ3n) is 6.32. The summed E-state index contributed by atoms with van der Waals surface area (Å²) in [6, 6.07) is 9.86. The van der Waals surface area contributed by atoms with Crippen molar-refractivity contribution >= 4 is 17.4 Å². The molecule has 1 atom stereocenters. The van der Waals surface area contributed by atoms with Gasteiger partial charge in [-0.3, -0.25) is 4.90 Å². The topological polar surface area (TPSA) is 9.72 Å². The van der Waals surface area contributed by atoms with Gasteiger partial charge in [0.15, 0.2) is 0 Å². The Morgan fingerprint density at radius 1 is 1.09 bits per heavy atom. The highest BCUT2D eigenvalue weighted by Crippen LogP contribution is 2.50. The van der Waals surface area contributed by atoms with Crippen LogP contribution >= 0.6 is 11.8 Å². The average Bonchev–Trinajstić information content (AvgIpc) is 3.23. The van der Waals surface area contributed by atoms with Crippen molar-refractivity contribution in [3.05, 3.63) is 24.3 Å². The summed E-state index contributed by atoms with van der Waals surface area (Å²) in [5.74, 6) is 0. The Morgan fingerprint density at radius 2 is 1.87 bits per heavy atom. The van der Waals surface area contributed by atoms with Crippen molar-refractivity contribution in [2.75, 3.05) is 38.1 Å². The summed E-state index contributed by atoms with van der Waals surface area (Å²) in [6.07, 6.45) is 6.98. The fraction of sp³-hybridized carbons (Fsp3) is 0.684. The van der Waals surface area contributed by atoms with Gasteiger partial charge < -0.3 is 9.80 Å². The molecule has 1 aliphatic carbocycles. The third kappa shape index (κ3) is 2.33. The monoisotopic (exact) mass is 329 g/mol. The maximum absolute atomic E-state index is 2.79. The summed E-state index contributed by atoms with van der Waals surface area (Å²) < 4.78 is 0. The van der Waals surface area contributed by atoms with E-state index in [4.69, 9.17) is 0 Å². The molecule has 3 aliphatic heterocycles. The molecule has 3 fully saturated rings. The highest BCUT2D eigenvalue weighted by molar-refractivity contribution is 8.00. The Labute approximate surface area is 144 Å². The third-order valence-corrected chi connectivity index (χ3v) is 7.66. The number of benzene rings is 1. The Kier molecular flexibility index (Phi) is 3.43. The lowest BCUT2D eigenvalue weighted by Gasteiger charge is -2.47. The van der Waals surface area contributed by atoms with E-state index in [0.29, 0.717) is 10.9 Å². The molecule has 1 aromatic rings. The minimum Gasteiger partial charge on any atom is -0.343 e. The number of anilines is 1. The van der Waals surface area contributed by atoms with Gasteiger partial charge in [-0.25, -0.2) is 0 Å². The summed E-state index contributed by atoms with van der Waals surface area (Å²) in [6.45, 7) is 5.18. The van der Waals surface area contributed by atoms with E-state index in [1.807, 2.05) is 0 Å². The molecule has 1 saturated carbocycles. The zero-order valence-electron chi connectivity index (χ0n) is 14.1. The number of rotatable bonds is 2. The van der Waals surface area contributed by atoms with E-state index in [2.05, 4.69) is 57.8 Å². The zero-order chi connectivity index (χ0) is 15.4. The second-order valence-corrected chi connectivity index (χ2v) is 9.25. The van der Waals surface area contributed by atoms with E-state index in [9.17, 15) is 0 Å². The molecule has 0 aromatic heterocycles. The van der Waals surface area contributed by atoms with Gasteiger partial charge in [0.1, 0.15) is 5.50 Å². The van der Waals surface area contributed by atoms with Crippen LogP contribution in [0.3, 0.4) is 0 Å². The van der Waals surface area contributed by atoms with E-state index in [-0.39, 0.29) is 0 Å². The largest absolute Gasteiger partial charge is 0.343 e. The smallest absolute Gasteiger partial charge is 0.135 e. The summed E-state index contributed by atoms with van der Waals surface area (Å²) in [5.41, 5.74) is 2.65. The van der Waals surface area contributed by atoms with Crippen LogP contribution in [0.5, 0.6) is 0 Å². The second kappa shape index (κ2) is 5.40. The fourth-order valence-corrected chi connectivity index (χ4v) is 6.79. The lowest BCUT2D eigenvalue weighted by atomic mass is 9.79. The summed E-state index contributed by atoms with van der Waals surface area (Å²) in [5, 5.41) is 0. The quantitative estimate of drug-likeness (QED) is 0.821. The van der Waals surface area contributed by atoms with Crippen LogP contribution in [0.25, 0.3) is 0 Å². The van der Waals surface area contributed by atoms with Gasteiger partial charge in [0, 0.05) is 42.5 Å². The Morgan fingerprint density at radius 3 is 2.65 bits per heavy atom. The van der Waals surface area contributed by atoms with Crippen molar-refractivity contribution in [2.45, 2.75) is 48.5 Å². The van der Waals surface area contributed by atoms with Crippen molar-refractivity contribution in [1.29, 1.82) is 0 Å². The molecule has 5 rings (SSSR count). The molecule has 0 radical (unpaired) electrons. The molecule has 3 nitrogen and oxygen atoms in total. The second-order valence-electron chi connectivity index (χ2n) is 8.15. The number of thioether (sulfide) groups is 1. The van der Waals surface area contributed by atoms with E-state index in [0.717, 1.165) is 6.04 Å². The molecule has 4 heteroatoms. The molecule has 2 saturated heterocycles. The summed E-state index contributed by atoms with van der Waals surface area (Å²) in [4.78, 5) is 9.55. The molecule has 0 amide bonds. The van der Waals surface area contributed by atoms with Crippen LogP contribution in [0, 0.1) is 5.41 Å². The van der Waals surface area contributed by atoms with E-state index < -0.39 is 0 Å². The molecule has 0 N–H and O–H groups in total. The van der Waals surface area contributed by atoms with E-state index in [1.165, 1.54) is 68.9 Å². The van der Waals surface area contributed by atoms with Crippen LogP contribution in [0.15, 0.2) is 29.2 Å². The first-order valence-electron chi connectivity index (χ1n) is 9.21. The molecule has 0 bridgehead atoms.